The van der Waals surface area contributed by atoms with E-state index < -0.39 is 55.0 Å². The number of aliphatic hydroxyl groups excluding tert-OH is 1. The number of rotatable bonds is 9. The lowest BCUT2D eigenvalue weighted by Crippen LogP contribution is -2.60. The predicted molar refractivity (Wildman–Crippen MR) is 139 cm³/mol. The zero-order chi connectivity index (χ0) is 27.8. The van der Waals surface area contributed by atoms with Crippen molar-refractivity contribution in [2.24, 2.45) is 5.92 Å². The molecule has 0 bridgehead atoms. The topological polar surface area (TPSA) is 156 Å². The van der Waals surface area contributed by atoms with Gasteiger partial charge in [-0.25, -0.2) is 4.98 Å². The lowest BCUT2D eigenvalue weighted by atomic mass is 9.73. The standard InChI is InChI=1S/C26H33BN4O7/c1-15(2)13-21(27-37-22(33)14-28-16(3)26(36)38-27)30-25(35)23(17(4)32)31-24(34)20-12-8-11-19(29-20)18-9-6-5-7-10-18/h5-12,15-17,21,23,28,32H,13-14H2,1-4H3,(H,30,35)(H,31,34)/t16-,17-,21+,23+/m1/s1. The Morgan fingerprint density at radius 3 is 2.45 bits per heavy atom. The fraction of sp³-hybridized carbons (Fsp3) is 0.423. The second-order valence-electron chi connectivity index (χ2n) is 9.61. The maximum absolute atomic E-state index is 13.3. The first-order valence-corrected chi connectivity index (χ1v) is 12.5. The van der Waals surface area contributed by atoms with Gasteiger partial charge < -0.3 is 25.0 Å². The fourth-order valence-corrected chi connectivity index (χ4v) is 3.87. The summed E-state index contributed by atoms with van der Waals surface area (Å²) >= 11 is 0. The van der Waals surface area contributed by atoms with E-state index in [0.717, 1.165) is 5.56 Å². The van der Waals surface area contributed by atoms with Gasteiger partial charge in [0.1, 0.15) is 17.8 Å². The zero-order valence-electron chi connectivity index (χ0n) is 21.8. The average Bonchev–Trinajstić information content (AvgIpc) is 2.88. The molecule has 11 nitrogen and oxygen atoms in total. The number of benzene rings is 1. The monoisotopic (exact) mass is 524 g/mol. The van der Waals surface area contributed by atoms with Crippen molar-refractivity contribution in [2.75, 3.05) is 6.54 Å². The molecule has 0 unspecified atom stereocenters. The quantitative estimate of drug-likeness (QED) is 0.350. The molecule has 0 spiro atoms. The van der Waals surface area contributed by atoms with Crippen LogP contribution in [0.1, 0.15) is 44.6 Å². The summed E-state index contributed by atoms with van der Waals surface area (Å²) in [6.45, 7) is 6.48. The van der Waals surface area contributed by atoms with Crippen LogP contribution in [0.4, 0.5) is 0 Å². The van der Waals surface area contributed by atoms with Crippen molar-refractivity contribution in [3.05, 3.63) is 54.2 Å². The normalized spacial score (nSPS) is 18.4. The Morgan fingerprint density at radius 2 is 1.79 bits per heavy atom. The molecule has 2 aromatic rings. The maximum Gasteiger partial charge on any atom is 0.622 e. The van der Waals surface area contributed by atoms with Gasteiger partial charge in [-0.15, -0.1) is 0 Å². The van der Waals surface area contributed by atoms with Gasteiger partial charge in [-0.3, -0.25) is 24.5 Å². The van der Waals surface area contributed by atoms with Crippen LogP contribution in [-0.2, 0) is 23.7 Å². The Morgan fingerprint density at radius 1 is 1.08 bits per heavy atom. The molecule has 202 valence electrons. The first kappa shape index (κ1) is 28.8. The summed E-state index contributed by atoms with van der Waals surface area (Å²) in [5.41, 5.74) is 1.45. The van der Waals surface area contributed by atoms with Crippen molar-refractivity contribution in [1.82, 2.24) is 20.9 Å². The summed E-state index contributed by atoms with van der Waals surface area (Å²) in [7, 11) is -1.37. The number of amides is 2. The summed E-state index contributed by atoms with van der Waals surface area (Å²) < 4.78 is 10.7. The minimum atomic E-state index is -1.37. The molecule has 0 aliphatic carbocycles. The van der Waals surface area contributed by atoms with Gasteiger partial charge in [0, 0.05) is 5.56 Å². The van der Waals surface area contributed by atoms with Gasteiger partial charge in [-0.05, 0) is 38.3 Å². The van der Waals surface area contributed by atoms with E-state index in [1.54, 1.807) is 19.1 Å². The van der Waals surface area contributed by atoms with E-state index in [9.17, 15) is 24.3 Å². The number of hydrogen-bond donors (Lipinski definition) is 4. The Hall–Kier alpha value is -3.77. The van der Waals surface area contributed by atoms with Crippen LogP contribution in [0, 0.1) is 5.92 Å². The molecule has 1 aliphatic heterocycles. The molecule has 1 aromatic heterocycles. The lowest BCUT2D eigenvalue weighted by Gasteiger charge is -2.29. The van der Waals surface area contributed by atoms with Gasteiger partial charge in [0.15, 0.2) is 0 Å². The van der Waals surface area contributed by atoms with E-state index in [4.69, 9.17) is 9.31 Å². The third-order valence-electron chi connectivity index (χ3n) is 5.87. The van der Waals surface area contributed by atoms with E-state index in [1.165, 1.54) is 13.0 Å². The van der Waals surface area contributed by atoms with Crippen LogP contribution in [0.5, 0.6) is 0 Å². The predicted octanol–water partition coefficient (Wildman–Crippen LogP) is 0.864. The van der Waals surface area contributed by atoms with Crippen molar-refractivity contribution in [2.45, 2.75) is 58.2 Å². The zero-order valence-corrected chi connectivity index (χ0v) is 21.8. The van der Waals surface area contributed by atoms with Gasteiger partial charge in [-0.2, -0.15) is 0 Å². The van der Waals surface area contributed by atoms with Gasteiger partial charge in [0.05, 0.1) is 24.3 Å². The molecule has 1 aliphatic rings. The second-order valence-corrected chi connectivity index (χ2v) is 9.61. The maximum atomic E-state index is 13.3. The van der Waals surface area contributed by atoms with Crippen LogP contribution in [0.3, 0.4) is 0 Å². The van der Waals surface area contributed by atoms with Crippen molar-refractivity contribution in [1.29, 1.82) is 0 Å². The molecule has 4 N–H and O–H groups in total. The molecule has 0 radical (unpaired) electrons. The lowest BCUT2D eigenvalue weighted by molar-refractivity contribution is -0.145. The van der Waals surface area contributed by atoms with E-state index in [-0.39, 0.29) is 18.2 Å². The van der Waals surface area contributed by atoms with Crippen molar-refractivity contribution in [3.63, 3.8) is 0 Å². The number of hydrogen-bond acceptors (Lipinski definition) is 9. The highest BCUT2D eigenvalue weighted by Crippen LogP contribution is 2.17. The largest absolute Gasteiger partial charge is 0.622 e. The number of nitrogens with one attached hydrogen (secondary N) is 3. The molecule has 0 saturated carbocycles. The van der Waals surface area contributed by atoms with Crippen LogP contribution in [0.25, 0.3) is 11.3 Å². The van der Waals surface area contributed by atoms with Crippen LogP contribution in [-0.4, -0.2) is 71.6 Å². The molecule has 1 saturated heterocycles. The number of carbonyl (C=O) groups is 4. The Balaban J connectivity index is 1.77. The van der Waals surface area contributed by atoms with E-state index in [2.05, 4.69) is 20.9 Å². The van der Waals surface area contributed by atoms with Crippen LogP contribution >= 0.6 is 0 Å². The first-order chi connectivity index (χ1) is 18.0. The van der Waals surface area contributed by atoms with Crippen molar-refractivity contribution >= 4 is 30.9 Å². The first-order valence-electron chi connectivity index (χ1n) is 12.5. The smallest absolute Gasteiger partial charge is 0.497 e. The van der Waals surface area contributed by atoms with E-state index in [0.29, 0.717) is 12.1 Å². The molecule has 2 heterocycles. The number of nitrogens with zero attached hydrogens (tertiary/aromatic N) is 1. The van der Waals surface area contributed by atoms with Crippen molar-refractivity contribution < 1.29 is 33.6 Å². The molecular weight excluding hydrogens is 491 g/mol. The van der Waals surface area contributed by atoms with E-state index >= 15 is 0 Å². The summed E-state index contributed by atoms with van der Waals surface area (Å²) in [5, 5.41) is 18.2. The number of pyridine rings is 1. The summed E-state index contributed by atoms with van der Waals surface area (Å²) in [4.78, 5) is 55.1. The summed E-state index contributed by atoms with van der Waals surface area (Å²) in [6, 6.07) is 12.1. The molecule has 4 atom stereocenters. The highest BCUT2D eigenvalue weighted by Gasteiger charge is 2.42. The fourth-order valence-electron chi connectivity index (χ4n) is 3.87. The van der Waals surface area contributed by atoms with Gasteiger partial charge in [-0.1, -0.05) is 50.2 Å². The SMILES string of the molecule is CC(C)C[C@H](NC(=O)[C@@H](NC(=O)c1cccc(-c2ccccc2)n1)[C@@H](C)O)B1OC(=O)CN[C@H](C)C(=O)O1. The minimum Gasteiger partial charge on any atom is -0.497 e. The molecule has 38 heavy (non-hydrogen) atoms. The van der Waals surface area contributed by atoms with Gasteiger partial charge in [0.2, 0.25) is 5.91 Å². The van der Waals surface area contributed by atoms with Crippen LogP contribution < -0.4 is 16.0 Å². The van der Waals surface area contributed by atoms with Gasteiger partial charge in [0.25, 0.3) is 5.91 Å². The molecule has 1 aromatic carbocycles. The third-order valence-corrected chi connectivity index (χ3v) is 5.87. The molecule has 12 heteroatoms. The minimum absolute atomic E-state index is 0.0169. The third kappa shape index (κ3) is 7.86. The number of carbonyl (C=O) groups excluding carboxylic acids is 4. The molecule has 2 amide bonds. The van der Waals surface area contributed by atoms with Gasteiger partial charge >= 0.3 is 19.1 Å². The highest BCUT2D eigenvalue weighted by molar-refractivity contribution is 6.51. The summed E-state index contributed by atoms with van der Waals surface area (Å²) in [5.74, 6) is -3.59. The second kappa shape index (κ2) is 13.2. The van der Waals surface area contributed by atoms with E-state index in [1.807, 2.05) is 44.2 Å². The van der Waals surface area contributed by atoms with Crippen LogP contribution in [0.15, 0.2) is 48.5 Å². The molecule has 1 fully saturated rings. The molecule has 3 rings (SSSR count). The Bertz CT molecular complexity index is 1150. The summed E-state index contributed by atoms with van der Waals surface area (Å²) in [6.07, 6.45) is -0.984. The Labute approximate surface area is 221 Å². The highest BCUT2D eigenvalue weighted by atomic mass is 16.6. The Kier molecular flexibility index (Phi) is 9.97. The number of aromatic nitrogens is 1. The number of aliphatic hydroxyl groups is 1. The molecular formula is C26H33BN4O7. The average molecular weight is 524 g/mol. The van der Waals surface area contributed by atoms with Crippen LogP contribution in [0.2, 0.25) is 0 Å². The van der Waals surface area contributed by atoms with Crippen molar-refractivity contribution in [3.8, 4) is 11.3 Å².